The number of hydrogen-bond acceptors (Lipinski definition) is 4. The number of rotatable bonds is 4. The third-order valence-corrected chi connectivity index (χ3v) is 3.77. The molecule has 1 aliphatic heterocycles. The van der Waals surface area contributed by atoms with Crippen LogP contribution in [-0.2, 0) is 14.3 Å². The van der Waals surface area contributed by atoms with Crippen LogP contribution in [0.3, 0.4) is 0 Å². The highest BCUT2D eigenvalue weighted by Crippen LogP contribution is 2.24. The molecule has 21 heavy (non-hydrogen) atoms. The Labute approximate surface area is 122 Å². The quantitative estimate of drug-likeness (QED) is 0.800. The van der Waals surface area contributed by atoms with E-state index in [-0.39, 0.29) is 24.5 Å². The van der Waals surface area contributed by atoms with Gasteiger partial charge in [0.1, 0.15) is 0 Å². The van der Waals surface area contributed by atoms with Crippen molar-refractivity contribution in [2.75, 3.05) is 26.8 Å². The Morgan fingerprint density at radius 1 is 1.48 bits per heavy atom. The van der Waals surface area contributed by atoms with E-state index < -0.39 is 11.6 Å². The van der Waals surface area contributed by atoms with Crippen LogP contribution in [0.2, 0.25) is 0 Å². The SMILES string of the molecule is COC(=O)C[C@@H]1CN([C@H](C)c2ccc(F)c(F)c2)CCO1. The zero-order chi connectivity index (χ0) is 15.4. The standard InChI is InChI=1S/C15H19F2NO3/c1-10(11-3-4-13(16)14(17)7-11)18-5-6-21-12(9-18)8-15(19)20-2/h3-4,7,10,12H,5-6,8-9H2,1-2H3/t10-,12-/m1/s1. The van der Waals surface area contributed by atoms with Crippen LogP contribution in [0, 0.1) is 11.6 Å². The van der Waals surface area contributed by atoms with Crippen LogP contribution in [0.1, 0.15) is 24.9 Å². The first-order valence-corrected chi connectivity index (χ1v) is 6.88. The van der Waals surface area contributed by atoms with Gasteiger partial charge in [-0.2, -0.15) is 0 Å². The molecule has 1 fully saturated rings. The summed E-state index contributed by atoms with van der Waals surface area (Å²) in [6.07, 6.45) is -0.0451. The lowest BCUT2D eigenvalue weighted by atomic mass is 10.0. The van der Waals surface area contributed by atoms with Gasteiger partial charge >= 0.3 is 5.97 Å². The summed E-state index contributed by atoms with van der Waals surface area (Å²) in [4.78, 5) is 13.4. The van der Waals surface area contributed by atoms with Crippen molar-refractivity contribution < 1.29 is 23.0 Å². The molecule has 1 heterocycles. The summed E-state index contributed by atoms with van der Waals surface area (Å²) >= 11 is 0. The van der Waals surface area contributed by atoms with Crippen LogP contribution in [0.25, 0.3) is 0 Å². The molecule has 1 aromatic rings. The van der Waals surface area contributed by atoms with Crippen LogP contribution in [0.15, 0.2) is 18.2 Å². The summed E-state index contributed by atoms with van der Waals surface area (Å²) in [5.41, 5.74) is 0.701. The molecular formula is C15H19F2NO3. The first-order valence-electron chi connectivity index (χ1n) is 6.88. The fourth-order valence-corrected chi connectivity index (χ4v) is 2.47. The lowest BCUT2D eigenvalue weighted by Crippen LogP contribution is -2.44. The molecule has 0 radical (unpaired) electrons. The van der Waals surface area contributed by atoms with E-state index in [0.717, 1.165) is 6.07 Å². The number of ether oxygens (including phenoxy) is 2. The normalized spacial score (nSPS) is 21.0. The Hall–Kier alpha value is -1.53. The van der Waals surface area contributed by atoms with Crippen molar-refractivity contribution >= 4 is 5.97 Å². The molecule has 0 amide bonds. The van der Waals surface area contributed by atoms with Crippen molar-refractivity contribution in [2.45, 2.75) is 25.5 Å². The smallest absolute Gasteiger partial charge is 0.308 e. The number of methoxy groups -OCH3 is 1. The van der Waals surface area contributed by atoms with Crippen LogP contribution >= 0.6 is 0 Å². The Bertz CT molecular complexity index is 510. The average molecular weight is 299 g/mol. The molecule has 1 saturated heterocycles. The van der Waals surface area contributed by atoms with Gasteiger partial charge in [0.05, 0.1) is 26.2 Å². The van der Waals surface area contributed by atoms with Gasteiger partial charge in [-0.3, -0.25) is 9.69 Å². The first kappa shape index (κ1) is 15.9. The lowest BCUT2D eigenvalue weighted by Gasteiger charge is -2.36. The van der Waals surface area contributed by atoms with Crippen LogP contribution in [-0.4, -0.2) is 43.8 Å². The van der Waals surface area contributed by atoms with Gasteiger partial charge in [-0.25, -0.2) is 8.78 Å². The molecule has 0 N–H and O–H groups in total. The van der Waals surface area contributed by atoms with Gasteiger partial charge in [-0.15, -0.1) is 0 Å². The topological polar surface area (TPSA) is 38.8 Å². The van der Waals surface area contributed by atoms with Gasteiger partial charge in [-0.1, -0.05) is 6.07 Å². The van der Waals surface area contributed by atoms with Gasteiger partial charge < -0.3 is 9.47 Å². The van der Waals surface area contributed by atoms with E-state index >= 15 is 0 Å². The molecule has 6 heteroatoms. The number of nitrogens with zero attached hydrogens (tertiary/aromatic N) is 1. The molecule has 0 saturated carbocycles. The summed E-state index contributed by atoms with van der Waals surface area (Å²) in [5, 5.41) is 0. The number of carbonyl (C=O) groups excluding carboxylic acids is 1. The van der Waals surface area contributed by atoms with Crippen LogP contribution < -0.4 is 0 Å². The maximum absolute atomic E-state index is 13.3. The minimum Gasteiger partial charge on any atom is -0.469 e. The predicted molar refractivity (Wildman–Crippen MR) is 72.7 cm³/mol. The highest BCUT2D eigenvalue weighted by molar-refractivity contribution is 5.69. The molecular weight excluding hydrogens is 280 g/mol. The van der Waals surface area contributed by atoms with Crippen molar-refractivity contribution in [3.05, 3.63) is 35.4 Å². The van der Waals surface area contributed by atoms with E-state index in [4.69, 9.17) is 4.74 Å². The highest BCUT2D eigenvalue weighted by atomic mass is 19.2. The minimum atomic E-state index is -0.850. The fraction of sp³-hybridized carbons (Fsp3) is 0.533. The van der Waals surface area contributed by atoms with Crippen LogP contribution in [0.5, 0.6) is 0 Å². The molecule has 1 aromatic carbocycles. The largest absolute Gasteiger partial charge is 0.469 e. The number of carbonyl (C=O) groups is 1. The van der Waals surface area contributed by atoms with E-state index in [0.29, 0.717) is 25.3 Å². The van der Waals surface area contributed by atoms with E-state index in [1.807, 2.05) is 6.92 Å². The Morgan fingerprint density at radius 3 is 2.90 bits per heavy atom. The number of benzene rings is 1. The second-order valence-electron chi connectivity index (χ2n) is 5.12. The number of morpholine rings is 1. The second kappa shape index (κ2) is 6.95. The van der Waals surface area contributed by atoms with E-state index in [2.05, 4.69) is 9.64 Å². The predicted octanol–water partition coefficient (Wildman–Crippen LogP) is 2.29. The maximum atomic E-state index is 13.3. The molecule has 0 spiro atoms. The second-order valence-corrected chi connectivity index (χ2v) is 5.12. The number of hydrogen-bond donors (Lipinski definition) is 0. The van der Waals surface area contributed by atoms with Crippen molar-refractivity contribution in [3.63, 3.8) is 0 Å². The summed E-state index contributed by atoms with van der Waals surface area (Å²) in [6.45, 7) is 3.65. The highest BCUT2D eigenvalue weighted by Gasteiger charge is 2.27. The van der Waals surface area contributed by atoms with Crippen molar-refractivity contribution in [2.24, 2.45) is 0 Å². The van der Waals surface area contributed by atoms with Gasteiger partial charge in [0.15, 0.2) is 11.6 Å². The van der Waals surface area contributed by atoms with Gasteiger partial charge in [0, 0.05) is 19.1 Å². The van der Waals surface area contributed by atoms with E-state index in [9.17, 15) is 13.6 Å². The molecule has 2 rings (SSSR count). The summed E-state index contributed by atoms with van der Waals surface area (Å²) in [7, 11) is 1.34. The van der Waals surface area contributed by atoms with Crippen molar-refractivity contribution in [1.82, 2.24) is 4.90 Å². The Balaban J connectivity index is 2.02. The lowest BCUT2D eigenvalue weighted by molar-refractivity contribution is -0.146. The maximum Gasteiger partial charge on any atom is 0.308 e. The molecule has 1 aliphatic rings. The number of halogens is 2. The first-order chi connectivity index (χ1) is 10.0. The zero-order valence-corrected chi connectivity index (χ0v) is 12.1. The molecule has 4 nitrogen and oxygen atoms in total. The molecule has 0 unspecified atom stereocenters. The summed E-state index contributed by atoms with van der Waals surface area (Å²) in [6, 6.07) is 3.84. The van der Waals surface area contributed by atoms with E-state index in [1.54, 1.807) is 6.07 Å². The fourth-order valence-electron chi connectivity index (χ4n) is 2.47. The molecule has 0 aromatic heterocycles. The van der Waals surface area contributed by atoms with Gasteiger partial charge in [0.2, 0.25) is 0 Å². The van der Waals surface area contributed by atoms with E-state index in [1.165, 1.54) is 13.2 Å². The summed E-state index contributed by atoms with van der Waals surface area (Å²) < 4.78 is 36.5. The third kappa shape index (κ3) is 3.98. The van der Waals surface area contributed by atoms with Crippen molar-refractivity contribution in [1.29, 1.82) is 0 Å². The molecule has 0 bridgehead atoms. The third-order valence-electron chi connectivity index (χ3n) is 3.77. The molecule has 2 atom stereocenters. The molecule has 0 aliphatic carbocycles. The Kier molecular flexibility index (Phi) is 5.25. The zero-order valence-electron chi connectivity index (χ0n) is 12.1. The Morgan fingerprint density at radius 2 is 2.24 bits per heavy atom. The minimum absolute atomic E-state index is 0.0795. The monoisotopic (exact) mass is 299 g/mol. The average Bonchev–Trinajstić information content (AvgIpc) is 2.49. The van der Waals surface area contributed by atoms with Gasteiger partial charge in [0.25, 0.3) is 0 Å². The van der Waals surface area contributed by atoms with Crippen molar-refractivity contribution in [3.8, 4) is 0 Å². The summed E-state index contributed by atoms with van der Waals surface area (Å²) in [5.74, 6) is -2.02. The van der Waals surface area contributed by atoms with Crippen LogP contribution in [0.4, 0.5) is 8.78 Å². The molecule has 116 valence electrons. The number of esters is 1. The van der Waals surface area contributed by atoms with Gasteiger partial charge in [-0.05, 0) is 24.6 Å².